The second-order valence-electron chi connectivity index (χ2n) is 7.22. The topological polar surface area (TPSA) is 9.23 Å². The molecular weight excluding hydrogens is 316 g/mol. The molecule has 1 aliphatic carbocycles. The van der Waals surface area contributed by atoms with E-state index in [-0.39, 0.29) is 0 Å². The van der Waals surface area contributed by atoms with Crippen LogP contribution >= 0.6 is 15.9 Å². The van der Waals surface area contributed by atoms with Crippen molar-refractivity contribution in [2.24, 2.45) is 5.92 Å². The van der Waals surface area contributed by atoms with Crippen molar-refractivity contribution in [2.45, 2.75) is 51.7 Å². The highest BCUT2D eigenvalue weighted by atomic mass is 79.9. The monoisotopic (exact) mass is 340 g/mol. The third-order valence-corrected chi connectivity index (χ3v) is 9.95. The second kappa shape index (κ2) is 5.34. The molecule has 0 aliphatic heterocycles. The molecule has 1 nitrogen and oxygen atoms in total. The van der Waals surface area contributed by atoms with E-state index < -0.39 is 8.32 Å². The summed E-state index contributed by atoms with van der Waals surface area (Å²) in [6, 6.07) is 6.54. The largest absolute Gasteiger partial charge is 0.417 e. The maximum absolute atomic E-state index is 6.37. The predicted octanol–water partition coefficient (Wildman–Crippen LogP) is 5.19. The van der Waals surface area contributed by atoms with Gasteiger partial charge in [0.2, 0.25) is 0 Å². The molecule has 0 radical (unpaired) electrons. The number of hydrogen-bond acceptors (Lipinski definition) is 1. The Balaban J connectivity index is 1.97. The van der Waals surface area contributed by atoms with Gasteiger partial charge in [0.25, 0.3) is 0 Å². The maximum atomic E-state index is 6.37. The quantitative estimate of drug-likeness (QED) is 0.688. The Hall–Kier alpha value is -0.123. The minimum Gasteiger partial charge on any atom is -0.417 e. The smallest absolute Gasteiger partial charge is 0.191 e. The molecule has 1 aromatic carbocycles. The average Bonchev–Trinajstić information content (AvgIpc) is 2.69. The fourth-order valence-electron chi connectivity index (χ4n) is 2.36. The van der Waals surface area contributed by atoms with E-state index >= 15 is 0 Å². The molecule has 3 heteroatoms. The number of halogens is 1. The lowest BCUT2D eigenvalue weighted by Crippen LogP contribution is -2.42. The van der Waals surface area contributed by atoms with Crippen LogP contribution in [0.4, 0.5) is 0 Å². The van der Waals surface area contributed by atoms with Crippen molar-refractivity contribution in [3.63, 3.8) is 0 Å². The van der Waals surface area contributed by atoms with E-state index in [1.54, 1.807) is 0 Å². The molecule has 106 valence electrons. The number of hydrogen-bond donors (Lipinski definition) is 0. The van der Waals surface area contributed by atoms with E-state index in [2.05, 4.69) is 68.0 Å². The highest BCUT2D eigenvalue weighted by Crippen LogP contribution is 2.38. The summed E-state index contributed by atoms with van der Waals surface area (Å²) in [5.41, 5.74) is 2.99. The molecule has 19 heavy (non-hydrogen) atoms. The second-order valence-corrected chi connectivity index (χ2v) is 12.9. The molecule has 0 bridgehead atoms. The zero-order chi connectivity index (χ0) is 14.3. The van der Waals surface area contributed by atoms with Crippen LogP contribution in [0.15, 0.2) is 22.7 Å². The van der Waals surface area contributed by atoms with Gasteiger partial charge in [0.05, 0.1) is 0 Å². The zero-order valence-electron chi connectivity index (χ0n) is 12.7. The van der Waals surface area contributed by atoms with Gasteiger partial charge in [0, 0.05) is 11.1 Å². The first-order valence-corrected chi connectivity index (χ1v) is 10.8. The normalized spacial score (nSPS) is 19.6. The first-order chi connectivity index (χ1) is 8.71. The third kappa shape index (κ3) is 3.31. The van der Waals surface area contributed by atoms with E-state index in [9.17, 15) is 0 Å². The lowest BCUT2D eigenvalue weighted by molar-refractivity contribution is 0.232. The first-order valence-electron chi connectivity index (χ1n) is 7.11. The van der Waals surface area contributed by atoms with Crippen LogP contribution in [0.1, 0.15) is 31.9 Å². The predicted molar refractivity (Wildman–Crippen MR) is 88.2 cm³/mol. The lowest BCUT2D eigenvalue weighted by Gasteiger charge is -2.37. The van der Waals surface area contributed by atoms with Crippen LogP contribution in [-0.4, -0.2) is 14.9 Å². The fraction of sp³-hybridized carbons (Fsp3) is 0.625. The Morgan fingerprint density at radius 2 is 1.95 bits per heavy atom. The molecule has 0 amide bonds. The van der Waals surface area contributed by atoms with Gasteiger partial charge in [-0.25, -0.2) is 0 Å². The van der Waals surface area contributed by atoms with E-state index in [4.69, 9.17) is 4.43 Å². The van der Waals surface area contributed by atoms with Crippen LogP contribution in [0, 0.1) is 5.92 Å². The van der Waals surface area contributed by atoms with Crippen molar-refractivity contribution in [2.75, 3.05) is 6.61 Å². The molecule has 0 N–H and O–H groups in total. The van der Waals surface area contributed by atoms with E-state index in [1.807, 2.05) is 0 Å². The van der Waals surface area contributed by atoms with Gasteiger partial charge in [0.15, 0.2) is 8.32 Å². The molecule has 1 aromatic rings. The Morgan fingerprint density at radius 1 is 1.26 bits per heavy atom. The van der Waals surface area contributed by atoms with Gasteiger partial charge in [-0.05, 0) is 54.1 Å². The summed E-state index contributed by atoms with van der Waals surface area (Å²) in [5.74, 6) is 0.655. The summed E-state index contributed by atoms with van der Waals surface area (Å²) in [4.78, 5) is 0. The molecular formula is C16H25BrOSi. The molecule has 0 fully saturated rings. The minimum atomic E-state index is -1.60. The SMILES string of the molecule is CC(C)(C)[Si](C)(C)OCC1Cc2cccc(Br)c2C1. The maximum Gasteiger partial charge on any atom is 0.191 e. The Kier molecular flexibility index (Phi) is 4.29. The van der Waals surface area contributed by atoms with E-state index in [0.717, 1.165) is 13.0 Å². The lowest BCUT2D eigenvalue weighted by atomic mass is 10.1. The Bertz CT molecular complexity index is 462. The summed E-state index contributed by atoms with van der Waals surface area (Å²) in [6.45, 7) is 12.5. The van der Waals surface area contributed by atoms with Gasteiger partial charge in [0.1, 0.15) is 0 Å². The van der Waals surface area contributed by atoms with Crippen LogP contribution in [0.3, 0.4) is 0 Å². The van der Waals surface area contributed by atoms with Crippen LogP contribution < -0.4 is 0 Å². The summed E-state index contributed by atoms with van der Waals surface area (Å²) >= 11 is 3.66. The Morgan fingerprint density at radius 3 is 2.53 bits per heavy atom. The molecule has 0 saturated carbocycles. The highest BCUT2D eigenvalue weighted by molar-refractivity contribution is 9.10. The highest BCUT2D eigenvalue weighted by Gasteiger charge is 2.38. The van der Waals surface area contributed by atoms with Gasteiger partial charge in [-0.1, -0.05) is 48.8 Å². The summed E-state index contributed by atoms with van der Waals surface area (Å²) in [7, 11) is -1.60. The molecule has 2 rings (SSSR count). The number of benzene rings is 1. The summed E-state index contributed by atoms with van der Waals surface area (Å²) in [6.07, 6.45) is 2.33. The van der Waals surface area contributed by atoms with Crippen LogP contribution in [0.2, 0.25) is 18.1 Å². The van der Waals surface area contributed by atoms with Gasteiger partial charge in [-0.15, -0.1) is 0 Å². The van der Waals surface area contributed by atoms with Crippen molar-refractivity contribution in [1.82, 2.24) is 0 Å². The van der Waals surface area contributed by atoms with Gasteiger partial charge >= 0.3 is 0 Å². The van der Waals surface area contributed by atoms with Crippen LogP contribution in [0.25, 0.3) is 0 Å². The molecule has 0 heterocycles. The standard InChI is InChI=1S/C16H25BrOSi/c1-16(2,3)19(4,5)18-11-12-9-13-7-6-8-15(17)14(13)10-12/h6-8,12H,9-11H2,1-5H3. The van der Waals surface area contributed by atoms with E-state index in [1.165, 1.54) is 22.0 Å². The van der Waals surface area contributed by atoms with Gasteiger partial charge < -0.3 is 4.43 Å². The zero-order valence-corrected chi connectivity index (χ0v) is 15.3. The molecule has 0 saturated heterocycles. The molecule has 1 atom stereocenters. The average molecular weight is 341 g/mol. The van der Waals surface area contributed by atoms with Crippen LogP contribution in [-0.2, 0) is 17.3 Å². The van der Waals surface area contributed by atoms with Crippen molar-refractivity contribution >= 4 is 24.2 Å². The summed E-state index contributed by atoms with van der Waals surface area (Å²) in [5, 5.41) is 0.305. The number of rotatable bonds is 3. The van der Waals surface area contributed by atoms with Crippen molar-refractivity contribution in [3.05, 3.63) is 33.8 Å². The molecule has 0 aromatic heterocycles. The van der Waals surface area contributed by atoms with Gasteiger partial charge in [-0.2, -0.15) is 0 Å². The van der Waals surface area contributed by atoms with Crippen LogP contribution in [0.5, 0.6) is 0 Å². The Labute approximate surface area is 127 Å². The summed E-state index contributed by atoms with van der Waals surface area (Å²) < 4.78 is 7.64. The fourth-order valence-corrected chi connectivity index (χ4v) is 4.01. The minimum absolute atomic E-state index is 0.305. The molecule has 1 aliphatic rings. The first kappa shape index (κ1) is 15.3. The number of fused-ring (bicyclic) bond motifs is 1. The van der Waals surface area contributed by atoms with E-state index in [0.29, 0.717) is 11.0 Å². The molecule has 0 spiro atoms. The van der Waals surface area contributed by atoms with Crippen molar-refractivity contribution in [3.8, 4) is 0 Å². The molecule has 1 unspecified atom stereocenters. The van der Waals surface area contributed by atoms with Gasteiger partial charge in [-0.3, -0.25) is 0 Å². The van der Waals surface area contributed by atoms with Crippen molar-refractivity contribution in [1.29, 1.82) is 0 Å². The van der Waals surface area contributed by atoms with Crippen molar-refractivity contribution < 1.29 is 4.43 Å². The third-order valence-electron chi connectivity index (χ3n) is 4.70.